The molecule has 0 aromatic carbocycles. The summed E-state index contributed by atoms with van der Waals surface area (Å²) >= 11 is 7.95. The zero-order valence-electron chi connectivity index (χ0n) is 10.7. The van der Waals surface area contributed by atoms with Gasteiger partial charge >= 0.3 is 0 Å². The van der Waals surface area contributed by atoms with Crippen LogP contribution in [0.15, 0.2) is 12.2 Å². The second-order valence-corrected chi connectivity index (χ2v) is 8.64. The highest BCUT2D eigenvalue weighted by molar-refractivity contribution is 9.13. The van der Waals surface area contributed by atoms with Crippen LogP contribution in [0.25, 0.3) is 0 Å². The maximum absolute atomic E-state index is 6.39. The SMILES string of the molecule is C#C/C=C\[C@@H]1[C@H]2[C@@H]3[C@@H]4O[C@H]2C[C@@H]4O[C@]3(Br)[C@]1(Br)CC. The van der Waals surface area contributed by atoms with Crippen molar-refractivity contribution in [1.29, 1.82) is 0 Å². The minimum Gasteiger partial charge on any atom is -0.371 e. The third-order valence-corrected chi connectivity index (χ3v) is 9.17. The number of hydrogen-bond acceptors (Lipinski definition) is 2. The monoisotopic (exact) mass is 386 g/mol. The van der Waals surface area contributed by atoms with Crippen LogP contribution in [0.2, 0.25) is 0 Å². The number of ether oxygens (including phenoxy) is 2. The number of fused-ring (bicyclic) bond motifs is 2. The molecule has 3 saturated heterocycles. The fourth-order valence-electron chi connectivity index (χ4n) is 4.87. The Morgan fingerprint density at radius 2 is 2.21 bits per heavy atom. The van der Waals surface area contributed by atoms with Crippen molar-refractivity contribution < 1.29 is 9.47 Å². The van der Waals surface area contributed by atoms with Gasteiger partial charge in [0.05, 0.1) is 22.6 Å². The maximum Gasteiger partial charge on any atom is 0.144 e. The van der Waals surface area contributed by atoms with E-state index in [0.717, 1.165) is 12.8 Å². The number of alkyl halides is 2. The van der Waals surface area contributed by atoms with Gasteiger partial charge < -0.3 is 9.47 Å². The Morgan fingerprint density at radius 3 is 2.89 bits per heavy atom. The largest absolute Gasteiger partial charge is 0.371 e. The normalized spacial score (nSPS) is 61.2. The van der Waals surface area contributed by atoms with Crippen molar-refractivity contribution in [1.82, 2.24) is 0 Å². The first kappa shape index (κ1) is 12.9. The first-order valence-corrected chi connectivity index (χ1v) is 8.49. The molecule has 0 amide bonds. The molecule has 2 bridgehead atoms. The quantitative estimate of drug-likeness (QED) is 0.534. The van der Waals surface area contributed by atoms with Gasteiger partial charge in [-0.15, -0.1) is 6.42 Å². The Balaban J connectivity index is 1.85. The van der Waals surface area contributed by atoms with Crippen molar-refractivity contribution >= 4 is 31.9 Å². The van der Waals surface area contributed by atoms with Crippen LogP contribution in [-0.4, -0.2) is 27.1 Å². The summed E-state index contributed by atoms with van der Waals surface area (Å²) in [6.07, 6.45) is 12.3. The fourth-order valence-corrected chi connectivity index (χ4v) is 7.04. The molecule has 4 fully saturated rings. The zero-order chi connectivity index (χ0) is 13.4. The lowest BCUT2D eigenvalue weighted by atomic mass is 9.77. The molecular formula is C15H16Br2O2. The van der Waals surface area contributed by atoms with E-state index in [0.29, 0.717) is 23.9 Å². The van der Waals surface area contributed by atoms with E-state index in [1.807, 2.05) is 6.08 Å². The van der Waals surface area contributed by atoms with Crippen LogP contribution < -0.4 is 0 Å². The van der Waals surface area contributed by atoms with Gasteiger partial charge in [0.15, 0.2) is 0 Å². The van der Waals surface area contributed by atoms with E-state index in [4.69, 9.17) is 15.9 Å². The lowest BCUT2D eigenvalue weighted by Crippen LogP contribution is -2.47. The first-order chi connectivity index (χ1) is 9.06. The van der Waals surface area contributed by atoms with Crippen molar-refractivity contribution in [3.63, 3.8) is 0 Å². The summed E-state index contributed by atoms with van der Waals surface area (Å²) in [6, 6.07) is 0. The van der Waals surface area contributed by atoms with Crippen LogP contribution in [0, 0.1) is 30.1 Å². The molecule has 2 nitrogen and oxygen atoms in total. The second-order valence-electron chi connectivity index (χ2n) is 6.05. The maximum atomic E-state index is 6.39. The Bertz CT molecular complexity index is 497. The van der Waals surface area contributed by atoms with Gasteiger partial charge in [0, 0.05) is 24.2 Å². The van der Waals surface area contributed by atoms with E-state index in [1.54, 1.807) is 0 Å². The van der Waals surface area contributed by atoms with Crippen LogP contribution in [0.1, 0.15) is 19.8 Å². The van der Waals surface area contributed by atoms with E-state index in [-0.39, 0.29) is 21.0 Å². The average molecular weight is 388 g/mol. The van der Waals surface area contributed by atoms with Gasteiger partial charge in [0.2, 0.25) is 0 Å². The summed E-state index contributed by atoms with van der Waals surface area (Å²) in [6.45, 7) is 2.21. The van der Waals surface area contributed by atoms with Crippen molar-refractivity contribution in [2.75, 3.05) is 0 Å². The van der Waals surface area contributed by atoms with Gasteiger partial charge in [0.1, 0.15) is 4.51 Å². The van der Waals surface area contributed by atoms with Gasteiger partial charge in [-0.3, -0.25) is 0 Å². The first-order valence-electron chi connectivity index (χ1n) is 6.90. The van der Waals surface area contributed by atoms with E-state index in [9.17, 15) is 0 Å². The molecule has 19 heavy (non-hydrogen) atoms. The summed E-state index contributed by atoms with van der Waals surface area (Å²) in [5, 5.41) is 0. The molecule has 0 unspecified atom stereocenters. The van der Waals surface area contributed by atoms with Crippen LogP contribution >= 0.6 is 31.9 Å². The fraction of sp³-hybridized carbons (Fsp3) is 0.733. The molecule has 0 radical (unpaired) electrons. The minimum absolute atomic E-state index is 0.0991. The van der Waals surface area contributed by atoms with Crippen LogP contribution in [0.3, 0.4) is 0 Å². The van der Waals surface area contributed by atoms with E-state index < -0.39 is 0 Å². The highest BCUT2D eigenvalue weighted by Crippen LogP contribution is 2.73. The smallest absolute Gasteiger partial charge is 0.144 e. The lowest BCUT2D eigenvalue weighted by Gasteiger charge is -2.40. The number of hydrogen-bond donors (Lipinski definition) is 0. The Kier molecular flexibility index (Phi) is 2.63. The lowest BCUT2D eigenvalue weighted by molar-refractivity contribution is 0.000337. The van der Waals surface area contributed by atoms with Crippen LogP contribution in [-0.2, 0) is 9.47 Å². The molecule has 0 spiro atoms. The minimum atomic E-state index is -0.316. The number of halogens is 2. The predicted octanol–water partition coefficient (Wildman–Crippen LogP) is 3.24. The molecule has 0 aromatic heterocycles. The van der Waals surface area contributed by atoms with Crippen molar-refractivity contribution in [2.45, 2.75) is 46.9 Å². The second kappa shape index (κ2) is 3.88. The van der Waals surface area contributed by atoms with Crippen LogP contribution in [0.4, 0.5) is 0 Å². The number of allylic oxidation sites excluding steroid dienone is 2. The molecule has 8 atom stereocenters. The molecule has 3 heterocycles. The number of rotatable bonds is 2. The predicted molar refractivity (Wildman–Crippen MR) is 80.2 cm³/mol. The molecule has 1 saturated carbocycles. The average Bonchev–Trinajstić information content (AvgIpc) is 3.03. The van der Waals surface area contributed by atoms with E-state index >= 15 is 0 Å². The summed E-state index contributed by atoms with van der Waals surface area (Å²) in [5.41, 5.74) is 0. The Labute approximate surface area is 130 Å². The van der Waals surface area contributed by atoms with Crippen molar-refractivity contribution in [3.8, 4) is 12.3 Å². The molecule has 4 heteroatoms. The van der Waals surface area contributed by atoms with Crippen LogP contribution in [0.5, 0.6) is 0 Å². The van der Waals surface area contributed by atoms with Gasteiger partial charge in [-0.25, -0.2) is 0 Å². The standard InChI is InChI=1S/C15H16Br2O2/c1-3-5-6-8-11-9-7-10-13(18-9)12(11)15(17,19-10)14(8,16)4-2/h1,5-6,8-13H,4,7H2,2H3/b6-5-/t8-,9+,10+,11-,12-,13-,14+,15+/m1/s1. The van der Waals surface area contributed by atoms with Gasteiger partial charge in [0.25, 0.3) is 0 Å². The molecule has 4 rings (SSSR count). The third-order valence-electron chi connectivity index (χ3n) is 5.54. The van der Waals surface area contributed by atoms with Gasteiger partial charge in [-0.2, -0.15) is 0 Å². The van der Waals surface area contributed by atoms with Crippen molar-refractivity contribution in [3.05, 3.63) is 12.2 Å². The molecule has 4 aliphatic rings. The molecule has 0 N–H and O–H groups in total. The Hall–Kier alpha value is 0.180. The molecule has 102 valence electrons. The van der Waals surface area contributed by atoms with E-state index in [2.05, 4.69) is 50.8 Å². The molecular weight excluding hydrogens is 372 g/mol. The van der Waals surface area contributed by atoms with Gasteiger partial charge in [-0.1, -0.05) is 50.8 Å². The summed E-state index contributed by atoms with van der Waals surface area (Å²) in [5.74, 6) is 3.92. The summed E-state index contributed by atoms with van der Waals surface area (Å²) < 4.78 is 12.1. The third kappa shape index (κ3) is 1.27. The topological polar surface area (TPSA) is 18.5 Å². The molecule has 1 aliphatic carbocycles. The molecule has 0 aromatic rings. The highest BCUT2D eigenvalue weighted by atomic mass is 79.9. The number of terminal acetylenes is 1. The summed E-state index contributed by atoms with van der Waals surface area (Å²) in [7, 11) is 0. The highest BCUT2D eigenvalue weighted by Gasteiger charge is 2.80. The molecule has 3 aliphatic heterocycles. The van der Waals surface area contributed by atoms with Crippen molar-refractivity contribution in [2.24, 2.45) is 17.8 Å². The zero-order valence-corrected chi connectivity index (χ0v) is 13.9. The Morgan fingerprint density at radius 1 is 1.42 bits per heavy atom. The van der Waals surface area contributed by atoms with E-state index in [1.165, 1.54) is 0 Å². The summed E-state index contributed by atoms with van der Waals surface area (Å²) in [4.78, 5) is 0. The van der Waals surface area contributed by atoms with Gasteiger partial charge in [-0.05, 0) is 12.5 Å².